The van der Waals surface area contributed by atoms with Crippen molar-refractivity contribution in [2.24, 2.45) is 0 Å². The molecule has 0 spiro atoms. The van der Waals surface area contributed by atoms with Crippen LogP contribution in [0.4, 0.5) is 6.01 Å². The van der Waals surface area contributed by atoms with Crippen LogP contribution in [0.15, 0.2) is 4.42 Å². The quantitative estimate of drug-likeness (QED) is 0.722. The van der Waals surface area contributed by atoms with Crippen molar-refractivity contribution in [3.8, 4) is 0 Å². The van der Waals surface area contributed by atoms with E-state index in [0.717, 1.165) is 0 Å². The third-order valence-electron chi connectivity index (χ3n) is 2.64. The number of carbonyl (C=O) groups excluding carboxylic acids is 1. The number of nitrogens with one attached hydrogen (secondary N) is 1. The van der Waals surface area contributed by atoms with Gasteiger partial charge in [0.15, 0.2) is 0 Å². The van der Waals surface area contributed by atoms with Crippen molar-refractivity contribution in [2.75, 3.05) is 31.6 Å². The number of carbonyl (C=O) groups is 2. The van der Waals surface area contributed by atoms with Crippen molar-refractivity contribution in [3.05, 3.63) is 5.89 Å². The number of hydrogen-bond donors (Lipinski definition) is 2. The first-order valence-corrected chi connectivity index (χ1v) is 5.71. The fourth-order valence-electron chi connectivity index (χ4n) is 1.75. The molecular weight excluding hydrogens is 256 g/mol. The highest BCUT2D eigenvalue weighted by molar-refractivity contribution is 5.90. The van der Waals surface area contributed by atoms with Gasteiger partial charge in [-0.3, -0.25) is 19.8 Å². The summed E-state index contributed by atoms with van der Waals surface area (Å²) in [5.74, 6) is -1.08. The third-order valence-corrected chi connectivity index (χ3v) is 2.64. The SMILES string of the molecule is Cc1nnc(NC(=O)CN2CCOCC2C(=O)O)o1. The Hall–Kier alpha value is -2.00. The van der Waals surface area contributed by atoms with Crippen molar-refractivity contribution < 1.29 is 23.8 Å². The van der Waals surface area contributed by atoms with E-state index in [9.17, 15) is 9.59 Å². The molecule has 1 amide bonds. The normalized spacial score (nSPS) is 20.2. The maximum absolute atomic E-state index is 11.7. The lowest BCUT2D eigenvalue weighted by Crippen LogP contribution is -2.52. The van der Waals surface area contributed by atoms with Gasteiger partial charge in [0.1, 0.15) is 6.04 Å². The predicted octanol–water partition coefficient (Wildman–Crippen LogP) is -0.898. The van der Waals surface area contributed by atoms with Gasteiger partial charge in [-0.05, 0) is 0 Å². The Kier molecular flexibility index (Phi) is 4.07. The fraction of sp³-hybridized carbons (Fsp3) is 0.600. The summed E-state index contributed by atoms with van der Waals surface area (Å²) in [6, 6.07) is -0.813. The monoisotopic (exact) mass is 270 g/mol. The van der Waals surface area contributed by atoms with Crippen molar-refractivity contribution in [1.82, 2.24) is 15.1 Å². The highest BCUT2D eigenvalue weighted by Crippen LogP contribution is 2.08. The highest BCUT2D eigenvalue weighted by Gasteiger charge is 2.30. The Labute approximate surface area is 108 Å². The average Bonchev–Trinajstić information content (AvgIpc) is 2.75. The summed E-state index contributed by atoms with van der Waals surface area (Å²) < 4.78 is 10.1. The number of nitrogens with zero attached hydrogens (tertiary/aromatic N) is 3. The van der Waals surface area contributed by atoms with Gasteiger partial charge in [-0.15, -0.1) is 5.10 Å². The molecule has 1 atom stereocenters. The maximum atomic E-state index is 11.7. The minimum absolute atomic E-state index is 0.00244. The number of carboxylic acids is 1. The predicted molar refractivity (Wildman–Crippen MR) is 61.5 cm³/mol. The number of aromatic nitrogens is 2. The van der Waals surface area contributed by atoms with Crippen LogP contribution in [0.3, 0.4) is 0 Å². The van der Waals surface area contributed by atoms with E-state index in [1.807, 2.05) is 0 Å². The Morgan fingerprint density at radius 2 is 2.32 bits per heavy atom. The van der Waals surface area contributed by atoms with Gasteiger partial charge < -0.3 is 14.3 Å². The zero-order valence-electron chi connectivity index (χ0n) is 10.3. The lowest BCUT2D eigenvalue weighted by Gasteiger charge is -2.31. The van der Waals surface area contributed by atoms with Crippen LogP contribution in [-0.2, 0) is 14.3 Å². The Morgan fingerprint density at radius 1 is 1.53 bits per heavy atom. The number of anilines is 1. The van der Waals surface area contributed by atoms with Crippen LogP contribution in [0.5, 0.6) is 0 Å². The molecule has 9 nitrogen and oxygen atoms in total. The zero-order chi connectivity index (χ0) is 13.8. The van der Waals surface area contributed by atoms with E-state index < -0.39 is 17.9 Å². The standard InChI is InChI=1S/C10H14N4O5/c1-6-12-13-10(19-6)11-8(15)4-14-2-3-18-5-7(14)9(16)17/h7H,2-5H2,1H3,(H,16,17)(H,11,13,15). The van der Waals surface area contributed by atoms with Gasteiger partial charge in [0.05, 0.1) is 19.8 Å². The first kappa shape index (κ1) is 13.4. The maximum Gasteiger partial charge on any atom is 0.323 e. The largest absolute Gasteiger partial charge is 0.480 e. The molecule has 1 aromatic heterocycles. The highest BCUT2D eigenvalue weighted by atomic mass is 16.5. The number of aliphatic carboxylic acids is 1. The van der Waals surface area contributed by atoms with Crippen molar-refractivity contribution >= 4 is 17.9 Å². The van der Waals surface area contributed by atoms with E-state index in [1.54, 1.807) is 6.92 Å². The van der Waals surface area contributed by atoms with E-state index >= 15 is 0 Å². The summed E-state index contributed by atoms with van der Waals surface area (Å²) in [4.78, 5) is 24.3. The summed E-state index contributed by atoms with van der Waals surface area (Å²) in [5.41, 5.74) is 0. The molecule has 0 radical (unpaired) electrons. The van der Waals surface area contributed by atoms with Crippen LogP contribution in [-0.4, -0.2) is 64.4 Å². The van der Waals surface area contributed by atoms with Crippen LogP contribution >= 0.6 is 0 Å². The zero-order valence-corrected chi connectivity index (χ0v) is 10.3. The van der Waals surface area contributed by atoms with E-state index in [4.69, 9.17) is 14.3 Å². The van der Waals surface area contributed by atoms with Gasteiger partial charge >= 0.3 is 12.0 Å². The van der Waals surface area contributed by atoms with Crippen LogP contribution in [0.2, 0.25) is 0 Å². The van der Waals surface area contributed by atoms with Crippen LogP contribution < -0.4 is 5.32 Å². The minimum atomic E-state index is -1.01. The van der Waals surface area contributed by atoms with Crippen molar-refractivity contribution in [3.63, 3.8) is 0 Å². The lowest BCUT2D eigenvalue weighted by atomic mass is 10.2. The molecule has 2 rings (SSSR count). The summed E-state index contributed by atoms with van der Waals surface area (Å²) in [5, 5.41) is 18.6. The number of ether oxygens (including phenoxy) is 1. The summed E-state index contributed by atoms with van der Waals surface area (Å²) in [6.07, 6.45) is 0. The van der Waals surface area contributed by atoms with Gasteiger partial charge in [0.2, 0.25) is 11.8 Å². The lowest BCUT2D eigenvalue weighted by molar-refractivity contribution is -0.150. The second-order valence-electron chi connectivity index (χ2n) is 4.07. The summed E-state index contributed by atoms with van der Waals surface area (Å²) in [6.45, 7) is 2.39. The molecule has 0 bridgehead atoms. The number of hydrogen-bond acceptors (Lipinski definition) is 7. The molecule has 0 saturated carbocycles. The number of aryl methyl sites for hydroxylation is 1. The molecule has 104 valence electrons. The topological polar surface area (TPSA) is 118 Å². The molecule has 9 heteroatoms. The van der Waals surface area contributed by atoms with Crippen LogP contribution in [0.1, 0.15) is 5.89 Å². The Morgan fingerprint density at radius 3 is 2.95 bits per heavy atom. The number of morpholine rings is 1. The molecule has 0 aromatic carbocycles. The average molecular weight is 270 g/mol. The Balaban J connectivity index is 1.91. The smallest absolute Gasteiger partial charge is 0.323 e. The van der Waals surface area contributed by atoms with E-state index in [1.165, 1.54) is 4.90 Å². The van der Waals surface area contributed by atoms with E-state index in [2.05, 4.69) is 15.5 Å². The molecule has 19 heavy (non-hydrogen) atoms. The molecule has 1 aromatic rings. The second kappa shape index (κ2) is 5.76. The third kappa shape index (κ3) is 3.48. The van der Waals surface area contributed by atoms with Crippen molar-refractivity contribution in [1.29, 1.82) is 0 Å². The molecule has 1 unspecified atom stereocenters. The number of amides is 1. The molecule has 2 N–H and O–H groups in total. The van der Waals surface area contributed by atoms with E-state index in [0.29, 0.717) is 19.0 Å². The second-order valence-corrected chi connectivity index (χ2v) is 4.07. The molecule has 1 aliphatic heterocycles. The molecule has 1 fully saturated rings. The first-order chi connectivity index (χ1) is 9.06. The fourth-order valence-corrected chi connectivity index (χ4v) is 1.75. The number of rotatable bonds is 4. The molecule has 1 aliphatic rings. The van der Waals surface area contributed by atoms with Gasteiger partial charge in [-0.25, -0.2) is 0 Å². The van der Waals surface area contributed by atoms with Gasteiger partial charge in [0, 0.05) is 13.5 Å². The molecular formula is C10H14N4O5. The van der Waals surface area contributed by atoms with Gasteiger partial charge in [-0.2, -0.15) is 0 Å². The van der Waals surface area contributed by atoms with Crippen LogP contribution in [0.25, 0.3) is 0 Å². The first-order valence-electron chi connectivity index (χ1n) is 5.71. The summed E-state index contributed by atoms with van der Waals surface area (Å²) in [7, 11) is 0. The molecule has 1 saturated heterocycles. The summed E-state index contributed by atoms with van der Waals surface area (Å²) >= 11 is 0. The number of carboxylic acid groups (broad SMARTS) is 1. The van der Waals surface area contributed by atoms with E-state index in [-0.39, 0.29) is 19.2 Å². The van der Waals surface area contributed by atoms with Gasteiger partial charge in [0.25, 0.3) is 0 Å². The molecule has 2 heterocycles. The minimum Gasteiger partial charge on any atom is -0.480 e. The van der Waals surface area contributed by atoms with Crippen molar-refractivity contribution in [2.45, 2.75) is 13.0 Å². The van der Waals surface area contributed by atoms with Gasteiger partial charge in [-0.1, -0.05) is 5.10 Å². The Bertz CT molecular complexity index is 474. The van der Waals surface area contributed by atoms with Crippen LogP contribution in [0, 0.1) is 6.92 Å². The molecule has 0 aliphatic carbocycles.